The zero-order valence-corrected chi connectivity index (χ0v) is 16.0. The average Bonchev–Trinajstić information content (AvgIpc) is 2.86. The van der Waals surface area contributed by atoms with E-state index in [2.05, 4.69) is 12.2 Å². The Bertz CT molecular complexity index is 588. The van der Waals surface area contributed by atoms with Gasteiger partial charge in [0.05, 0.1) is 0 Å². The van der Waals surface area contributed by atoms with Crippen LogP contribution in [0.4, 0.5) is 4.39 Å². The molecule has 1 aromatic rings. The predicted molar refractivity (Wildman–Crippen MR) is 101 cm³/mol. The smallest absolute Gasteiger partial charge is 0.242 e. The normalized spacial score (nSPS) is 18.7. The highest BCUT2D eigenvalue weighted by Gasteiger charge is 2.33. The lowest BCUT2D eigenvalue weighted by Gasteiger charge is -2.33. The fraction of sp³-hybridized carbons (Fsp3) is 0.619. The van der Waals surface area contributed by atoms with E-state index in [9.17, 15) is 14.0 Å². The molecule has 0 spiro atoms. The van der Waals surface area contributed by atoms with Gasteiger partial charge < -0.3 is 10.2 Å². The highest BCUT2D eigenvalue weighted by atomic mass is 19.1. The summed E-state index contributed by atoms with van der Waals surface area (Å²) in [7, 11) is 0. The van der Waals surface area contributed by atoms with E-state index in [1.807, 2.05) is 6.92 Å². The second-order valence-corrected chi connectivity index (χ2v) is 7.14. The van der Waals surface area contributed by atoms with E-state index in [0.717, 1.165) is 44.1 Å². The summed E-state index contributed by atoms with van der Waals surface area (Å²) in [5, 5.41) is 2.93. The molecule has 4 nitrogen and oxygen atoms in total. The van der Waals surface area contributed by atoms with E-state index in [1.54, 1.807) is 17.0 Å². The number of nitrogens with zero attached hydrogens (tertiary/aromatic N) is 1. The Balaban J connectivity index is 2.25. The van der Waals surface area contributed by atoms with Gasteiger partial charge in [-0.2, -0.15) is 0 Å². The SMILES string of the molecule is CCCCC(CC)C(=O)N(Cc1ccc(F)cc1)C1CCCCNC1=O. The molecule has 2 rings (SSSR count). The fourth-order valence-electron chi connectivity index (χ4n) is 3.54. The molecule has 1 N–H and O–H groups in total. The van der Waals surface area contributed by atoms with Gasteiger partial charge in [-0.3, -0.25) is 9.59 Å². The maximum atomic E-state index is 13.3. The summed E-state index contributed by atoms with van der Waals surface area (Å²) in [6, 6.07) is 5.75. The highest BCUT2D eigenvalue weighted by Crippen LogP contribution is 2.23. The third-order valence-electron chi connectivity index (χ3n) is 5.18. The monoisotopic (exact) mass is 362 g/mol. The van der Waals surface area contributed by atoms with Gasteiger partial charge in [-0.05, 0) is 49.8 Å². The summed E-state index contributed by atoms with van der Waals surface area (Å²) in [6.45, 7) is 5.16. The van der Waals surface area contributed by atoms with Crippen molar-refractivity contribution in [3.05, 3.63) is 35.6 Å². The molecule has 5 heteroatoms. The Morgan fingerprint density at radius 1 is 1.27 bits per heavy atom. The average molecular weight is 362 g/mol. The molecule has 2 unspecified atom stereocenters. The minimum atomic E-state index is -0.439. The summed E-state index contributed by atoms with van der Waals surface area (Å²) >= 11 is 0. The van der Waals surface area contributed by atoms with Crippen molar-refractivity contribution < 1.29 is 14.0 Å². The molecular formula is C21H31FN2O2. The molecule has 1 fully saturated rings. The van der Waals surface area contributed by atoms with Gasteiger partial charge in [0.1, 0.15) is 11.9 Å². The van der Waals surface area contributed by atoms with Gasteiger partial charge in [0.15, 0.2) is 0 Å². The van der Waals surface area contributed by atoms with Crippen LogP contribution < -0.4 is 5.32 Å². The van der Waals surface area contributed by atoms with Crippen LogP contribution in [0.5, 0.6) is 0 Å². The molecule has 0 bridgehead atoms. The summed E-state index contributed by atoms with van der Waals surface area (Å²) < 4.78 is 13.2. The van der Waals surface area contributed by atoms with Crippen molar-refractivity contribution in [3.8, 4) is 0 Å². The fourth-order valence-corrected chi connectivity index (χ4v) is 3.54. The molecule has 0 aliphatic carbocycles. The first-order valence-corrected chi connectivity index (χ1v) is 9.89. The number of benzene rings is 1. The molecule has 0 radical (unpaired) electrons. The lowest BCUT2D eigenvalue weighted by Crippen LogP contribution is -2.50. The standard InChI is InChI=1S/C21H31FN2O2/c1-3-5-8-17(4-2)21(26)24(15-16-10-12-18(22)13-11-16)19-9-6-7-14-23-20(19)25/h10-13,17,19H,3-9,14-15H2,1-2H3,(H,23,25). The first-order valence-electron chi connectivity index (χ1n) is 9.89. The molecule has 1 aliphatic heterocycles. The van der Waals surface area contributed by atoms with Crippen LogP contribution >= 0.6 is 0 Å². The van der Waals surface area contributed by atoms with Crippen molar-refractivity contribution in [1.29, 1.82) is 0 Å². The van der Waals surface area contributed by atoms with Crippen molar-refractivity contribution in [3.63, 3.8) is 0 Å². The summed E-state index contributed by atoms with van der Waals surface area (Å²) in [5.74, 6) is -0.379. The van der Waals surface area contributed by atoms with Crippen LogP contribution in [0, 0.1) is 11.7 Å². The lowest BCUT2D eigenvalue weighted by molar-refractivity contribution is -0.144. The number of hydrogen-bond donors (Lipinski definition) is 1. The predicted octanol–water partition coefficient (Wildman–Crippen LogP) is 4.04. The Kier molecular flexibility index (Phi) is 8.07. The zero-order valence-electron chi connectivity index (χ0n) is 16.0. The maximum Gasteiger partial charge on any atom is 0.242 e. The van der Waals surface area contributed by atoms with Crippen LogP contribution in [0.1, 0.15) is 64.4 Å². The minimum absolute atomic E-state index is 0.0484. The molecule has 1 aromatic carbocycles. The lowest BCUT2D eigenvalue weighted by atomic mass is 9.95. The summed E-state index contributed by atoms with van der Waals surface area (Å²) in [4.78, 5) is 27.6. The summed E-state index contributed by atoms with van der Waals surface area (Å²) in [6.07, 6.45) is 6.21. The van der Waals surface area contributed by atoms with E-state index < -0.39 is 6.04 Å². The van der Waals surface area contributed by atoms with Crippen molar-refractivity contribution in [2.75, 3.05) is 6.54 Å². The van der Waals surface area contributed by atoms with Crippen LogP contribution in [0.25, 0.3) is 0 Å². The van der Waals surface area contributed by atoms with Crippen molar-refractivity contribution in [2.45, 2.75) is 71.4 Å². The van der Waals surface area contributed by atoms with E-state index in [4.69, 9.17) is 0 Å². The summed E-state index contributed by atoms with van der Waals surface area (Å²) in [5.41, 5.74) is 0.849. The molecule has 1 aliphatic rings. The Hall–Kier alpha value is -1.91. The van der Waals surface area contributed by atoms with Crippen molar-refractivity contribution in [1.82, 2.24) is 10.2 Å². The van der Waals surface area contributed by atoms with Crippen LogP contribution in [-0.2, 0) is 16.1 Å². The minimum Gasteiger partial charge on any atom is -0.354 e. The molecule has 2 atom stereocenters. The van der Waals surface area contributed by atoms with Gasteiger partial charge in [-0.1, -0.05) is 38.8 Å². The van der Waals surface area contributed by atoms with E-state index in [1.165, 1.54) is 12.1 Å². The van der Waals surface area contributed by atoms with Crippen molar-refractivity contribution >= 4 is 11.8 Å². The second kappa shape index (κ2) is 10.3. The molecule has 26 heavy (non-hydrogen) atoms. The van der Waals surface area contributed by atoms with Crippen molar-refractivity contribution in [2.24, 2.45) is 5.92 Å². The van der Waals surface area contributed by atoms with E-state index in [0.29, 0.717) is 19.5 Å². The Morgan fingerprint density at radius 2 is 2.00 bits per heavy atom. The van der Waals surface area contributed by atoms with E-state index >= 15 is 0 Å². The largest absolute Gasteiger partial charge is 0.354 e. The van der Waals surface area contributed by atoms with Crippen LogP contribution in [0.15, 0.2) is 24.3 Å². The van der Waals surface area contributed by atoms with Gasteiger partial charge >= 0.3 is 0 Å². The number of carbonyl (C=O) groups is 2. The van der Waals surface area contributed by atoms with Crippen LogP contribution in [0.2, 0.25) is 0 Å². The number of nitrogens with one attached hydrogen (secondary N) is 1. The Labute approximate surface area is 156 Å². The van der Waals surface area contributed by atoms with E-state index in [-0.39, 0.29) is 23.5 Å². The highest BCUT2D eigenvalue weighted by molar-refractivity contribution is 5.88. The van der Waals surface area contributed by atoms with Gasteiger partial charge in [-0.25, -0.2) is 4.39 Å². The Morgan fingerprint density at radius 3 is 2.65 bits per heavy atom. The molecular weight excluding hydrogens is 331 g/mol. The van der Waals surface area contributed by atoms with Gasteiger partial charge in [0.25, 0.3) is 0 Å². The third kappa shape index (κ3) is 5.55. The number of amides is 2. The topological polar surface area (TPSA) is 49.4 Å². The molecule has 1 heterocycles. The molecule has 0 saturated carbocycles. The molecule has 0 aromatic heterocycles. The number of carbonyl (C=O) groups excluding carboxylic acids is 2. The number of halogens is 1. The molecule has 2 amide bonds. The number of unbranched alkanes of at least 4 members (excludes halogenated alkanes) is 1. The zero-order chi connectivity index (χ0) is 18.9. The first-order chi connectivity index (χ1) is 12.6. The van der Waals surface area contributed by atoms with Gasteiger partial charge in [0, 0.05) is 19.0 Å². The first kappa shape index (κ1) is 20.4. The molecule has 144 valence electrons. The van der Waals surface area contributed by atoms with Crippen LogP contribution in [0.3, 0.4) is 0 Å². The maximum absolute atomic E-state index is 13.3. The number of rotatable bonds is 8. The molecule has 1 saturated heterocycles. The van der Waals surface area contributed by atoms with Gasteiger partial charge in [-0.15, -0.1) is 0 Å². The third-order valence-corrected chi connectivity index (χ3v) is 5.18. The number of hydrogen-bond acceptors (Lipinski definition) is 2. The second-order valence-electron chi connectivity index (χ2n) is 7.14. The van der Waals surface area contributed by atoms with Crippen LogP contribution in [-0.4, -0.2) is 29.3 Å². The van der Waals surface area contributed by atoms with Gasteiger partial charge in [0.2, 0.25) is 11.8 Å². The quantitative estimate of drug-likeness (QED) is 0.759.